The molecular weight excluding hydrogens is 164 g/mol. The van der Waals surface area contributed by atoms with E-state index in [1.165, 1.54) is 6.33 Å². The quantitative estimate of drug-likeness (QED) is 0.652. The third-order valence-electron chi connectivity index (χ3n) is 2.82. The predicted molar refractivity (Wildman–Crippen MR) is 48.2 cm³/mol. The summed E-state index contributed by atoms with van der Waals surface area (Å²) in [4.78, 5) is 19.2. The van der Waals surface area contributed by atoms with Gasteiger partial charge in [-0.1, -0.05) is 6.92 Å². The molecule has 0 aromatic carbocycles. The standard InChI is InChI=1S/C10H12N2O/c1-7-9(2-3-10(7)13)8-4-11-6-12-5-8/h4-7,9H,2-3H2,1H3. The van der Waals surface area contributed by atoms with Gasteiger partial charge in [0.2, 0.25) is 0 Å². The number of rotatable bonds is 1. The molecule has 68 valence electrons. The summed E-state index contributed by atoms with van der Waals surface area (Å²) < 4.78 is 0. The maximum atomic E-state index is 11.3. The molecular formula is C10H12N2O. The Morgan fingerprint density at radius 2 is 2.08 bits per heavy atom. The number of ketones is 1. The van der Waals surface area contributed by atoms with Gasteiger partial charge < -0.3 is 0 Å². The van der Waals surface area contributed by atoms with E-state index in [1.54, 1.807) is 0 Å². The molecule has 1 fully saturated rings. The van der Waals surface area contributed by atoms with Gasteiger partial charge in [0.1, 0.15) is 12.1 Å². The Morgan fingerprint density at radius 3 is 2.62 bits per heavy atom. The van der Waals surface area contributed by atoms with Crippen LogP contribution in [0.5, 0.6) is 0 Å². The van der Waals surface area contributed by atoms with Crippen LogP contribution in [0.1, 0.15) is 31.2 Å². The highest BCUT2D eigenvalue weighted by Gasteiger charge is 2.31. The summed E-state index contributed by atoms with van der Waals surface area (Å²) in [7, 11) is 0. The maximum Gasteiger partial charge on any atom is 0.136 e. The van der Waals surface area contributed by atoms with Gasteiger partial charge in [-0.25, -0.2) is 9.97 Å². The summed E-state index contributed by atoms with van der Waals surface area (Å²) in [6.07, 6.45) is 6.80. The normalized spacial score (nSPS) is 27.9. The molecule has 1 aromatic heterocycles. The third-order valence-corrected chi connectivity index (χ3v) is 2.82. The number of hydrogen-bond donors (Lipinski definition) is 0. The van der Waals surface area contributed by atoms with Crippen LogP contribution in [-0.2, 0) is 4.79 Å². The molecule has 3 heteroatoms. The van der Waals surface area contributed by atoms with E-state index in [0.717, 1.165) is 12.0 Å². The van der Waals surface area contributed by atoms with Crippen LogP contribution in [0.3, 0.4) is 0 Å². The molecule has 0 amide bonds. The molecule has 0 bridgehead atoms. The molecule has 1 aromatic rings. The van der Waals surface area contributed by atoms with Gasteiger partial charge in [-0.2, -0.15) is 0 Å². The fraction of sp³-hybridized carbons (Fsp3) is 0.500. The number of Topliss-reactive ketones (excluding diaryl/α,β-unsaturated/α-hetero) is 1. The monoisotopic (exact) mass is 176 g/mol. The van der Waals surface area contributed by atoms with E-state index in [0.29, 0.717) is 18.1 Å². The Kier molecular flexibility index (Phi) is 2.08. The molecule has 1 aliphatic rings. The molecule has 0 N–H and O–H groups in total. The SMILES string of the molecule is CC1C(=O)CCC1c1cncnc1. The molecule has 1 saturated carbocycles. The fourth-order valence-corrected chi connectivity index (χ4v) is 1.96. The van der Waals surface area contributed by atoms with E-state index in [4.69, 9.17) is 0 Å². The molecule has 0 spiro atoms. The Bertz CT molecular complexity index is 310. The second-order valence-corrected chi connectivity index (χ2v) is 3.57. The molecule has 2 unspecified atom stereocenters. The minimum Gasteiger partial charge on any atom is -0.299 e. The van der Waals surface area contributed by atoms with Crippen LogP contribution in [0, 0.1) is 5.92 Å². The first-order valence-corrected chi connectivity index (χ1v) is 4.56. The Labute approximate surface area is 77.2 Å². The van der Waals surface area contributed by atoms with Gasteiger partial charge in [0.25, 0.3) is 0 Å². The second-order valence-electron chi connectivity index (χ2n) is 3.57. The van der Waals surface area contributed by atoms with Gasteiger partial charge in [-0.05, 0) is 17.9 Å². The Balaban J connectivity index is 2.24. The Morgan fingerprint density at radius 1 is 1.38 bits per heavy atom. The first-order chi connectivity index (χ1) is 6.29. The van der Waals surface area contributed by atoms with Gasteiger partial charge >= 0.3 is 0 Å². The summed E-state index contributed by atoms with van der Waals surface area (Å²) in [5.41, 5.74) is 1.10. The average molecular weight is 176 g/mol. The highest BCUT2D eigenvalue weighted by molar-refractivity contribution is 5.84. The van der Waals surface area contributed by atoms with Crippen LogP contribution in [0.25, 0.3) is 0 Å². The van der Waals surface area contributed by atoms with E-state index in [2.05, 4.69) is 9.97 Å². The molecule has 3 nitrogen and oxygen atoms in total. The van der Waals surface area contributed by atoms with Gasteiger partial charge in [-0.15, -0.1) is 0 Å². The summed E-state index contributed by atoms with van der Waals surface area (Å²) in [6.45, 7) is 1.99. The smallest absolute Gasteiger partial charge is 0.136 e. The largest absolute Gasteiger partial charge is 0.299 e. The van der Waals surface area contributed by atoms with E-state index < -0.39 is 0 Å². The number of aromatic nitrogens is 2. The predicted octanol–water partition coefficient (Wildman–Crippen LogP) is 1.56. The van der Waals surface area contributed by atoms with Crippen molar-refractivity contribution in [3.05, 3.63) is 24.3 Å². The average Bonchev–Trinajstić information content (AvgIpc) is 2.49. The fourth-order valence-electron chi connectivity index (χ4n) is 1.96. The zero-order chi connectivity index (χ0) is 9.26. The van der Waals surface area contributed by atoms with E-state index >= 15 is 0 Å². The molecule has 2 atom stereocenters. The molecule has 2 rings (SSSR count). The van der Waals surface area contributed by atoms with Crippen molar-refractivity contribution < 1.29 is 4.79 Å². The first-order valence-electron chi connectivity index (χ1n) is 4.56. The van der Waals surface area contributed by atoms with E-state index in [1.807, 2.05) is 19.3 Å². The van der Waals surface area contributed by atoms with Crippen molar-refractivity contribution in [1.82, 2.24) is 9.97 Å². The Hall–Kier alpha value is -1.25. The van der Waals surface area contributed by atoms with Crippen LogP contribution in [0.2, 0.25) is 0 Å². The van der Waals surface area contributed by atoms with Crippen LogP contribution in [0.4, 0.5) is 0 Å². The van der Waals surface area contributed by atoms with Gasteiger partial charge in [-0.3, -0.25) is 4.79 Å². The molecule has 0 aliphatic heterocycles. The molecule has 1 aliphatic carbocycles. The van der Waals surface area contributed by atoms with E-state index in [-0.39, 0.29) is 5.92 Å². The molecule has 1 heterocycles. The van der Waals surface area contributed by atoms with Crippen molar-refractivity contribution in [2.24, 2.45) is 5.92 Å². The number of hydrogen-bond acceptors (Lipinski definition) is 3. The minimum absolute atomic E-state index is 0.144. The molecule has 13 heavy (non-hydrogen) atoms. The van der Waals surface area contributed by atoms with Crippen LogP contribution in [-0.4, -0.2) is 15.8 Å². The molecule has 0 saturated heterocycles. The van der Waals surface area contributed by atoms with Gasteiger partial charge in [0.15, 0.2) is 0 Å². The first kappa shape index (κ1) is 8.35. The number of carbonyl (C=O) groups is 1. The third kappa shape index (κ3) is 1.46. The van der Waals surface area contributed by atoms with Crippen molar-refractivity contribution >= 4 is 5.78 Å². The van der Waals surface area contributed by atoms with Crippen molar-refractivity contribution in [3.63, 3.8) is 0 Å². The summed E-state index contributed by atoms with van der Waals surface area (Å²) in [5, 5.41) is 0. The lowest BCUT2D eigenvalue weighted by Crippen LogP contribution is -2.09. The van der Waals surface area contributed by atoms with Gasteiger partial charge in [0, 0.05) is 24.7 Å². The van der Waals surface area contributed by atoms with Crippen LogP contribution in [0.15, 0.2) is 18.7 Å². The summed E-state index contributed by atoms with van der Waals surface area (Å²) in [6, 6.07) is 0. The number of nitrogens with zero attached hydrogens (tertiary/aromatic N) is 2. The lowest BCUT2D eigenvalue weighted by molar-refractivity contribution is -0.120. The van der Waals surface area contributed by atoms with Gasteiger partial charge in [0.05, 0.1) is 0 Å². The zero-order valence-corrected chi connectivity index (χ0v) is 7.60. The topological polar surface area (TPSA) is 42.9 Å². The number of carbonyl (C=O) groups excluding carboxylic acids is 1. The minimum atomic E-state index is 0.144. The highest BCUT2D eigenvalue weighted by Crippen LogP contribution is 2.36. The summed E-state index contributed by atoms with van der Waals surface area (Å²) >= 11 is 0. The summed E-state index contributed by atoms with van der Waals surface area (Å²) in [5.74, 6) is 0.855. The highest BCUT2D eigenvalue weighted by atomic mass is 16.1. The van der Waals surface area contributed by atoms with Crippen LogP contribution >= 0.6 is 0 Å². The van der Waals surface area contributed by atoms with Crippen molar-refractivity contribution in [1.29, 1.82) is 0 Å². The van der Waals surface area contributed by atoms with Crippen molar-refractivity contribution in [2.45, 2.75) is 25.7 Å². The van der Waals surface area contributed by atoms with Crippen molar-refractivity contribution in [3.8, 4) is 0 Å². The van der Waals surface area contributed by atoms with Crippen molar-refractivity contribution in [2.75, 3.05) is 0 Å². The zero-order valence-electron chi connectivity index (χ0n) is 7.60. The lowest BCUT2D eigenvalue weighted by Gasteiger charge is -2.12. The van der Waals surface area contributed by atoms with E-state index in [9.17, 15) is 4.79 Å². The lowest BCUT2D eigenvalue weighted by atomic mass is 9.92. The molecule has 0 radical (unpaired) electrons. The van der Waals surface area contributed by atoms with Crippen LogP contribution < -0.4 is 0 Å². The maximum absolute atomic E-state index is 11.3. The second kappa shape index (κ2) is 3.24.